The van der Waals surface area contributed by atoms with E-state index in [0.717, 1.165) is 82.6 Å². The van der Waals surface area contributed by atoms with E-state index in [1.165, 1.54) is 16.5 Å². The van der Waals surface area contributed by atoms with Crippen LogP contribution in [0.3, 0.4) is 0 Å². The van der Waals surface area contributed by atoms with Crippen LogP contribution in [0.15, 0.2) is 223 Å². The SMILES string of the molecule is C=C/C=c1/cccc/c1=C\c1ccc(N(c2ccc(-c3ccccc3)c(-c3ccccc3)c2)c2ccccc2-c2cccc3c2oc2c4ccccc4ccc32)cc1. The van der Waals surface area contributed by atoms with Crippen LogP contribution >= 0.6 is 0 Å². The van der Waals surface area contributed by atoms with Gasteiger partial charge in [0.15, 0.2) is 0 Å². The molecule has 0 bridgehead atoms. The summed E-state index contributed by atoms with van der Waals surface area (Å²) >= 11 is 0. The quantitative estimate of drug-likeness (QED) is 0.154. The molecule has 274 valence electrons. The third kappa shape index (κ3) is 6.37. The van der Waals surface area contributed by atoms with E-state index < -0.39 is 0 Å². The van der Waals surface area contributed by atoms with Crippen molar-refractivity contribution >= 4 is 61.9 Å². The number of furan rings is 1. The van der Waals surface area contributed by atoms with Crippen molar-refractivity contribution in [1.29, 1.82) is 0 Å². The molecule has 2 nitrogen and oxygen atoms in total. The van der Waals surface area contributed by atoms with Crippen molar-refractivity contribution in [3.63, 3.8) is 0 Å². The number of para-hydroxylation sites is 2. The van der Waals surface area contributed by atoms with Gasteiger partial charge in [-0.15, -0.1) is 0 Å². The van der Waals surface area contributed by atoms with E-state index in [0.29, 0.717) is 0 Å². The minimum Gasteiger partial charge on any atom is -0.455 e. The predicted molar refractivity (Wildman–Crippen MR) is 246 cm³/mol. The standard InChI is InChI=1S/C56H39NO/c1-2-16-40-17-9-10-23-44(40)37-39-29-32-45(33-30-39)57(46-34-36-47(41-18-5-3-6-19-41)53(38-46)42-20-7-4-8-21-42)54-28-14-13-25-49(54)50-26-15-27-51-52-35-31-43-22-11-12-24-48(43)55(52)58-56(50)51/h2-38H,1H2/b40-16-,44-37+. The molecule has 0 aliphatic rings. The number of hydrogen-bond donors (Lipinski definition) is 0. The van der Waals surface area contributed by atoms with Crippen LogP contribution in [0.1, 0.15) is 5.56 Å². The van der Waals surface area contributed by atoms with Crippen molar-refractivity contribution in [2.75, 3.05) is 4.90 Å². The molecule has 58 heavy (non-hydrogen) atoms. The van der Waals surface area contributed by atoms with Gasteiger partial charge in [0.25, 0.3) is 0 Å². The Balaban J connectivity index is 1.19. The van der Waals surface area contributed by atoms with Gasteiger partial charge in [-0.1, -0.05) is 189 Å². The topological polar surface area (TPSA) is 16.4 Å². The lowest BCUT2D eigenvalue weighted by atomic mass is 9.93. The number of nitrogens with zero attached hydrogens (tertiary/aromatic N) is 1. The molecule has 2 heteroatoms. The van der Waals surface area contributed by atoms with E-state index in [1.54, 1.807) is 0 Å². The number of anilines is 3. The summed E-state index contributed by atoms with van der Waals surface area (Å²) in [5.74, 6) is 0. The highest BCUT2D eigenvalue weighted by atomic mass is 16.3. The molecule has 0 radical (unpaired) electrons. The maximum atomic E-state index is 6.91. The lowest BCUT2D eigenvalue weighted by molar-refractivity contribution is 0.674. The average Bonchev–Trinajstić information content (AvgIpc) is 3.68. The Morgan fingerprint density at radius 1 is 0.414 bits per heavy atom. The molecule has 1 heterocycles. The molecule has 0 saturated heterocycles. The Bertz CT molecular complexity index is 3230. The molecule has 0 spiro atoms. The molecule has 0 saturated carbocycles. The van der Waals surface area contributed by atoms with E-state index in [1.807, 2.05) is 12.2 Å². The minimum absolute atomic E-state index is 0.880. The zero-order valence-corrected chi connectivity index (χ0v) is 31.9. The van der Waals surface area contributed by atoms with Crippen LogP contribution in [0.2, 0.25) is 0 Å². The molecule has 0 atom stereocenters. The lowest BCUT2D eigenvalue weighted by Gasteiger charge is -2.29. The third-order valence-corrected chi connectivity index (χ3v) is 11.0. The first-order chi connectivity index (χ1) is 28.7. The van der Waals surface area contributed by atoms with Crippen molar-refractivity contribution in [2.45, 2.75) is 0 Å². The summed E-state index contributed by atoms with van der Waals surface area (Å²) in [4.78, 5) is 2.39. The number of fused-ring (bicyclic) bond motifs is 5. The van der Waals surface area contributed by atoms with Gasteiger partial charge < -0.3 is 9.32 Å². The van der Waals surface area contributed by atoms with Gasteiger partial charge in [0.1, 0.15) is 11.2 Å². The van der Waals surface area contributed by atoms with Crippen molar-refractivity contribution in [3.8, 4) is 33.4 Å². The molecule has 0 amide bonds. The van der Waals surface area contributed by atoms with Gasteiger partial charge >= 0.3 is 0 Å². The van der Waals surface area contributed by atoms with Crippen LogP contribution in [0.5, 0.6) is 0 Å². The molecule has 0 unspecified atom stereocenters. The largest absolute Gasteiger partial charge is 0.455 e. The molecular formula is C56H39NO. The second kappa shape index (κ2) is 15.1. The normalized spacial score (nSPS) is 12.1. The smallest absolute Gasteiger partial charge is 0.143 e. The lowest BCUT2D eigenvalue weighted by Crippen LogP contribution is -2.23. The van der Waals surface area contributed by atoms with Crippen molar-refractivity contribution in [2.24, 2.45) is 0 Å². The second-order valence-corrected chi connectivity index (χ2v) is 14.5. The number of rotatable bonds is 8. The predicted octanol–water partition coefficient (Wildman–Crippen LogP) is 14.0. The van der Waals surface area contributed by atoms with Crippen LogP contribution in [0.25, 0.3) is 78.2 Å². The summed E-state index contributed by atoms with van der Waals surface area (Å²) in [5, 5.41) is 6.79. The monoisotopic (exact) mass is 741 g/mol. The Labute approximate surface area is 338 Å². The van der Waals surface area contributed by atoms with E-state index in [9.17, 15) is 0 Å². The maximum absolute atomic E-state index is 6.91. The van der Waals surface area contributed by atoms with Crippen LogP contribution in [0.4, 0.5) is 17.1 Å². The summed E-state index contributed by atoms with van der Waals surface area (Å²) in [6.07, 6.45) is 6.12. The summed E-state index contributed by atoms with van der Waals surface area (Å²) < 4.78 is 6.91. The minimum atomic E-state index is 0.880. The van der Waals surface area contributed by atoms with Crippen LogP contribution in [-0.4, -0.2) is 0 Å². The van der Waals surface area contributed by atoms with Gasteiger partial charge in [-0.05, 0) is 86.1 Å². The van der Waals surface area contributed by atoms with Crippen molar-refractivity contribution in [1.82, 2.24) is 0 Å². The van der Waals surface area contributed by atoms with Gasteiger partial charge in [0.05, 0.1) is 5.69 Å². The van der Waals surface area contributed by atoms with E-state index in [4.69, 9.17) is 4.42 Å². The fourth-order valence-electron chi connectivity index (χ4n) is 8.28. The maximum Gasteiger partial charge on any atom is 0.143 e. The Morgan fingerprint density at radius 2 is 1.03 bits per heavy atom. The van der Waals surface area contributed by atoms with Gasteiger partial charge in [-0.2, -0.15) is 0 Å². The molecule has 0 aliphatic carbocycles. The fourth-order valence-corrected chi connectivity index (χ4v) is 8.28. The molecule has 10 aromatic rings. The van der Waals surface area contributed by atoms with E-state index >= 15 is 0 Å². The highest BCUT2D eigenvalue weighted by Gasteiger charge is 2.22. The zero-order valence-electron chi connectivity index (χ0n) is 31.9. The second-order valence-electron chi connectivity index (χ2n) is 14.5. The molecule has 9 aromatic carbocycles. The fraction of sp³-hybridized carbons (Fsp3) is 0. The summed E-state index contributed by atoms with van der Waals surface area (Å²) in [5.41, 5.74) is 12.9. The van der Waals surface area contributed by atoms with Crippen molar-refractivity contribution < 1.29 is 4.42 Å². The first-order valence-corrected chi connectivity index (χ1v) is 19.7. The van der Waals surface area contributed by atoms with Gasteiger partial charge in [-0.25, -0.2) is 0 Å². The molecular weight excluding hydrogens is 703 g/mol. The molecule has 1 aromatic heterocycles. The van der Waals surface area contributed by atoms with Crippen LogP contribution in [-0.2, 0) is 0 Å². The van der Waals surface area contributed by atoms with E-state index in [2.05, 4.69) is 224 Å². The average molecular weight is 742 g/mol. The summed E-state index contributed by atoms with van der Waals surface area (Å²) in [6, 6.07) is 73.5. The van der Waals surface area contributed by atoms with Crippen molar-refractivity contribution in [3.05, 3.63) is 235 Å². The highest BCUT2D eigenvalue weighted by molar-refractivity contribution is 6.17. The summed E-state index contributed by atoms with van der Waals surface area (Å²) in [7, 11) is 0. The summed E-state index contributed by atoms with van der Waals surface area (Å²) in [6.45, 7) is 3.93. The molecule has 0 N–H and O–H groups in total. The molecule has 0 fully saturated rings. The van der Waals surface area contributed by atoms with Gasteiger partial charge in [-0.3, -0.25) is 0 Å². The van der Waals surface area contributed by atoms with Gasteiger partial charge in [0, 0.05) is 38.7 Å². The Morgan fingerprint density at radius 3 is 1.83 bits per heavy atom. The van der Waals surface area contributed by atoms with Crippen LogP contribution in [0, 0.1) is 0 Å². The third-order valence-electron chi connectivity index (χ3n) is 11.0. The molecule has 10 rings (SSSR count). The zero-order chi connectivity index (χ0) is 38.8. The Hall–Kier alpha value is -7.68. The first kappa shape index (κ1) is 34.8. The highest BCUT2D eigenvalue weighted by Crippen LogP contribution is 2.46. The van der Waals surface area contributed by atoms with Gasteiger partial charge in [0.2, 0.25) is 0 Å². The number of hydrogen-bond acceptors (Lipinski definition) is 2. The Kier molecular flexibility index (Phi) is 9.06. The first-order valence-electron chi connectivity index (χ1n) is 19.7. The molecule has 0 aliphatic heterocycles. The van der Waals surface area contributed by atoms with Crippen LogP contribution < -0.4 is 15.3 Å². The van der Waals surface area contributed by atoms with E-state index in [-0.39, 0.29) is 0 Å². The number of allylic oxidation sites excluding steroid dienone is 1. The number of benzene rings is 9.